The molecule has 0 atom stereocenters. The second-order valence-electron chi connectivity index (χ2n) is 5.22. The Morgan fingerprint density at radius 3 is 2.58 bits per heavy atom. The minimum atomic E-state index is -4.30. The van der Waals surface area contributed by atoms with E-state index in [9.17, 15) is 17.6 Å². The summed E-state index contributed by atoms with van der Waals surface area (Å²) < 4.78 is 57.0. The first-order valence-corrected chi connectivity index (χ1v) is 9.59. The van der Waals surface area contributed by atoms with Gasteiger partial charge in [0.1, 0.15) is 23.9 Å². The maximum absolute atomic E-state index is 14.2. The zero-order valence-corrected chi connectivity index (χ0v) is 15.8. The fourth-order valence-electron chi connectivity index (χ4n) is 2.32. The van der Waals surface area contributed by atoms with Crippen LogP contribution in [0.5, 0.6) is 11.5 Å². The number of esters is 1. The van der Waals surface area contributed by atoms with Crippen LogP contribution in [-0.2, 0) is 14.8 Å². The van der Waals surface area contributed by atoms with Crippen molar-refractivity contribution in [3.05, 3.63) is 46.2 Å². The number of methoxy groups -OCH3 is 1. The van der Waals surface area contributed by atoms with Crippen molar-refractivity contribution in [3.8, 4) is 11.5 Å². The van der Waals surface area contributed by atoms with E-state index >= 15 is 0 Å². The average molecular weight is 446 g/mol. The molecule has 1 N–H and O–H groups in total. The molecule has 2 aromatic rings. The smallest absolute Gasteiger partial charge is 0.339 e. The van der Waals surface area contributed by atoms with Crippen LogP contribution in [0.25, 0.3) is 0 Å². The van der Waals surface area contributed by atoms with Crippen LogP contribution in [0.1, 0.15) is 10.4 Å². The summed E-state index contributed by atoms with van der Waals surface area (Å²) in [5, 5.41) is 0. The number of benzene rings is 2. The topological polar surface area (TPSA) is 90.9 Å². The van der Waals surface area contributed by atoms with Gasteiger partial charge in [-0.25, -0.2) is 17.6 Å². The molecule has 0 radical (unpaired) electrons. The highest BCUT2D eigenvalue weighted by atomic mass is 79.9. The molecule has 2 aromatic carbocycles. The summed E-state index contributed by atoms with van der Waals surface area (Å²) in [7, 11) is -3.16. The summed E-state index contributed by atoms with van der Waals surface area (Å²) >= 11 is 3.01. The summed E-state index contributed by atoms with van der Waals surface area (Å²) in [4.78, 5) is 11.0. The van der Waals surface area contributed by atoms with Gasteiger partial charge in [0.15, 0.2) is 11.5 Å². The molecule has 3 rings (SSSR count). The van der Waals surface area contributed by atoms with E-state index in [1.54, 1.807) is 6.07 Å². The Hall–Kier alpha value is -2.33. The third kappa shape index (κ3) is 3.61. The third-order valence-corrected chi connectivity index (χ3v) is 5.56. The van der Waals surface area contributed by atoms with Gasteiger partial charge in [0.2, 0.25) is 0 Å². The fraction of sp³-hybridized carbons (Fsp3) is 0.188. The number of sulfonamides is 1. The van der Waals surface area contributed by atoms with E-state index in [-0.39, 0.29) is 15.7 Å². The molecule has 0 bridgehead atoms. The van der Waals surface area contributed by atoms with Crippen LogP contribution >= 0.6 is 15.9 Å². The molecule has 0 aliphatic carbocycles. The van der Waals surface area contributed by atoms with Crippen LogP contribution in [0.4, 0.5) is 10.1 Å². The van der Waals surface area contributed by atoms with E-state index in [4.69, 9.17) is 9.47 Å². The second kappa shape index (κ2) is 7.12. The highest BCUT2D eigenvalue weighted by molar-refractivity contribution is 9.10. The van der Waals surface area contributed by atoms with Crippen molar-refractivity contribution >= 4 is 37.6 Å². The van der Waals surface area contributed by atoms with Gasteiger partial charge in [0, 0.05) is 10.5 Å². The fourth-order valence-corrected chi connectivity index (χ4v) is 3.93. The van der Waals surface area contributed by atoms with Gasteiger partial charge < -0.3 is 14.2 Å². The predicted molar refractivity (Wildman–Crippen MR) is 93.7 cm³/mol. The molecule has 1 heterocycles. The number of hydrogen-bond acceptors (Lipinski definition) is 6. The number of halogens is 2. The highest BCUT2D eigenvalue weighted by Gasteiger charge is 2.24. The monoisotopic (exact) mass is 445 g/mol. The molecular formula is C16H13BrFNO6S. The highest BCUT2D eigenvalue weighted by Crippen LogP contribution is 2.34. The van der Waals surface area contributed by atoms with Crippen molar-refractivity contribution in [1.82, 2.24) is 0 Å². The lowest BCUT2D eigenvalue weighted by Gasteiger charge is -2.19. The summed E-state index contributed by atoms with van der Waals surface area (Å²) in [6.45, 7) is 0.742. The van der Waals surface area contributed by atoms with Crippen LogP contribution in [-0.4, -0.2) is 34.7 Å². The zero-order chi connectivity index (χ0) is 18.9. The Balaban J connectivity index is 1.97. The van der Waals surface area contributed by atoms with Gasteiger partial charge in [-0.3, -0.25) is 4.72 Å². The van der Waals surface area contributed by atoms with E-state index in [0.29, 0.717) is 24.7 Å². The van der Waals surface area contributed by atoms with Crippen LogP contribution in [0, 0.1) is 5.82 Å². The Morgan fingerprint density at radius 1 is 1.19 bits per heavy atom. The maximum Gasteiger partial charge on any atom is 0.339 e. The Labute approximate surface area is 157 Å². The van der Waals surface area contributed by atoms with Gasteiger partial charge >= 0.3 is 5.97 Å². The number of hydrogen-bond donors (Lipinski definition) is 1. The van der Waals surface area contributed by atoms with Gasteiger partial charge in [-0.15, -0.1) is 0 Å². The summed E-state index contributed by atoms with van der Waals surface area (Å²) in [5.41, 5.74) is 0.0487. The molecule has 0 saturated carbocycles. The molecular weight excluding hydrogens is 433 g/mol. The number of carbonyl (C=O) groups is 1. The number of ether oxygens (including phenoxy) is 3. The average Bonchev–Trinajstić information content (AvgIpc) is 2.60. The van der Waals surface area contributed by atoms with Crippen LogP contribution in [0.15, 0.2) is 39.7 Å². The summed E-state index contributed by atoms with van der Waals surface area (Å²) in [6.07, 6.45) is 0. The van der Waals surface area contributed by atoms with E-state index in [0.717, 1.165) is 19.2 Å². The number of nitrogens with one attached hydrogen (secondary N) is 1. The van der Waals surface area contributed by atoms with Gasteiger partial charge in [-0.05, 0) is 40.2 Å². The van der Waals surface area contributed by atoms with Crippen molar-refractivity contribution in [2.75, 3.05) is 25.0 Å². The Kier molecular flexibility index (Phi) is 5.05. The van der Waals surface area contributed by atoms with Crippen molar-refractivity contribution in [1.29, 1.82) is 0 Å². The first-order chi connectivity index (χ1) is 12.3. The number of carbonyl (C=O) groups excluding carboxylic acids is 1. The zero-order valence-electron chi connectivity index (χ0n) is 13.4. The summed E-state index contributed by atoms with van der Waals surface area (Å²) in [6, 6.07) is 6.24. The molecule has 0 unspecified atom stereocenters. The van der Waals surface area contributed by atoms with E-state index in [1.807, 2.05) is 0 Å². The lowest BCUT2D eigenvalue weighted by Crippen LogP contribution is -2.18. The SMILES string of the molecule is COC(=O)c1cc(S(=O)(=O)Nc2ccc3c(c2)OCCO3)c(F)cc1Br. The molecule has 7 nitrogen and oxygen atoms in total. The van der Waals surface area contributed by atoms with Gasteiger partial charge in [0.05, 0.1) is 18.4 Å². The normalized spacial score (nSPS) is 13.2. The number of rotatable bonds is 4. The van der Waals surface area contributed by atoms with E-state index < -0.39 is 26.7 Å². The molecule has 138 valence electrons. The predicted octanol–water partition coefficient (Wildman–Crippen LogP) is 2.95. The summed E-state index contributed by atoms with van der Waals surface area (Å²) in [5.74, 6) is -0.952. The van der Waals surface area contributed by atoms with Crippen molar-refractivity contribution in [2.24, 2.45) is 0 Å². The van der Waals surface area contributed by atoms with Crippen molar-refractivity contribution < 1.29 is 31.8 Å². The molecule has 0 fully saturated rings. The maximum atomic E-state index is 14.2. The van der Waals surface area contributed by atoms with Crippen LogP contribution < -0.4 is 14.2 Å². The first kappa shape index (κ1) is 18.5. The third-order valence-electron chi connectivity index (χ3n) is 3.51. The minimum Gasteiger partial charge on any atom is -0.486 e. The molecule has 1 aliphatic rings. The number of fused-ring (bicyclic) bond motifs is 1. The molecule has 0 aromatic heterocycles. The van der Waals surface area contributed by atoms with Crippen LogP contribution in [0.2, 0.25) is 0 Å². The molecule has 10 heteroatoms. The first-order valence-electron chi connectivity index (χ1n) is 7.31. The number of anilines is 1. The van der Waals surface area contributed by atoms with E-state index in [1.165, 1.54) is 12.1 Å². The molecule has 1 aliphatic heterocycles. The van der Waals surface area contributed by atoms with Gasteiger partial charge in [0.25, 0.3) is 10.0 Å². The molecule has 0 spiro atoms. The standard InChI is InChI=1S/C16H13BrFNO6S/c1-23-16(20)10-7-15(12(18)8-11(10)17)26(21,22)19-9-2-3-13-14(6-9)25-5-4-24-13/h2-3,6-8,19H,4-5H2,1H3. The second-order valence-corrected chi connectivity index (χ2v) is 7.72. The Morgan fingerprint density at radius 2 is 1.88 bits per heavy atom. The van der Waals surface area contributed by atoms with Gasteiger partial charge in [-0.1, -0.05) is 0 Å². The largest absolute Gasteiger partial charge is 0.486 e. The molecule has 0 saturated heterocycles. The minimum absolute atomic E-state index is 0.0835. The lowest BCUT2D eigenvalue weighted by atomic mass is 10.2. The quantitative estimate of drug-likeness (QED) is 0.727. The lowest BCUT2D eigenvalue weighted by molar-refractivity contribution is 0.0599. The van der Waals surface area contributed by atoms with Crippen molar-refractivity contribution in [2.45, 2.75) is 4.90 Å². The van der Waals surface area contributed by atoms with Gasteiger partial charge in [-0.2, -0.15) is 0 Å². The van der Waals surface area contributed by atoms with Crippen LogP contribution in [0.3, 0.4) is 0 Å². The molecule has 0 amide bonds. The van der Waals surface area contributed by atoms with Crippen molar-refractivity contribution in [3.63, 3.8) is 0 Å². The Bertz CT molecular complexity index is 979. The molecule has 26 heavy (non-hydrogen) atoms. The van der Waals surface area contributed by atoms with E-state index in [2.05, 4.69) is 25.4 Å².